The molecule has 2 aromatic rings. The number of rotatable bonds is 10. The fourth-order valence-electron chi connectivity index (χ4n) is 4.00. The van der Waals surface area contributed by atoms with Crippen LogP contribution in [0, 0.1) is 10.1 Å². The molecular formula is C27H28N2O7. The third-order valence-electron chi connectivity index (χ3n) is 5.60. The minimum absolute atomic E-state index is 0.0346. The van der Waals surface area contributed by atoms with Crippen molar-refractivity contribution in [2.24, 2.45) is 0 Å². The van der Waals surface area contributed by atoms with Gasteiger partial charge in [0, 0.05) is 36.1 Å². The molecule has 1 aliphatic heterocycles. The van der Waals surface area contributed by atoms with Crippen molar-refractivity contribution in [3.8, 4) is 0 Å². The molecule has 0 saturated carbocycles. The summed E-state index contributed by atoms with van der Waals surface area (Å²) >= 11 is 0. The number of hydrogen-bond donors (Lipinski definition) is 2. The number of esters is 2. The number of para-hydroxylation sites is 1. The second-order valence-electron chi connectivity index (χ2n) is 8.08. The molecule has 36 heavy (non-hydrogen) atoms. The Morgan fingerprint density at radius 2 is 1.61 bits per heavy atom. The Kier molecular flexibility index (Phi) is 9.13. The maximum atomic E-state index is 13.3. The molecule has 9 nitrogen and oxygen atoms in total. The van der Waals surface area contributed by atoms with Gasteiger partial charge in [-0.2, -0.15) is 0 Å². The van der Waals surface area contributed by atoms with E-state index >= 15 is 0 Å². The predicted octanol–water partition coefficient (Wildman–Crippen LogP) is 4.01. The van der Waals surface area contributed by atoms with Crippen LogP contribution in [-0.4, -0.2) is 41.8 Å². The summed E-state index contributed by atoms with van der Waals surface area (Å²) in [6.45, 7) is 3.05. The van der Waals surface area contributed by atoms with E-state index in [0.717, 1.165) is 5.56 Å². The lowest BCUT2D eigenvalue weighted by Crippen LogP contribution is -2.33. The van der Waals surface area contributed by atoms with Gasteiger partial charge in [-0.15, -0.1) is 0 Å². The van der Waals surface area contributed by atoms with Crippen molar-refractivity contribution in [1.29, 1.82) is 0 Å². The zero-order chi connectivity index (χ0) is 26.1. The number of ether oxygens (including phenoxy) is 2. The Morgan fingerprint density at radius 1 is 1.00 bits per heavy atom. The highest BCUT2D eigenvalue weighted by atomic mass is 16.6. The molecule has 3 rings (SSSR count). The highest BCUT2D eigenvalue weighted by Gasteiger charge is 2.40. The highest BCUT2D eigenvalue weighted by Crippen LogP contribution is 2.42. The van der Waals surface area contributed by atoms with Crippen LogP contribution in [0.3, 0.4) is 0 Å². The number of nitrogens with one attached hydrogen (secondary N) is 1. The van der Waals surface area contributed by atoms with Crippen molar-refractivity contribution in [2.45, 2.75) is 26.2 Å². The highest BCUT2D eigenvalue weighted by molar-refractivity contribution is 6.00. The van der Waals surface area contributed by atoms with Gasteiger partial charge in [0.2, 0.25) is 0 Å². The summed E-state index contributed by atoms with van der Waals surface area (Å²) in [6, 6.07) is 15.4. The Labute approximate surface area is 208 Å². The van der Waals surface area contributed by atoms with Gasteiger partial charge >= 0.3 is 11.9 Å². The molecule has 0 bridgehead atoms. The second-order valence-corrected chi connectivity index (χ2v) is 8.08. The Bertz CT molecular complexity index is 1220. The van der Waals surface area contributed by atoms with Crippen LogP contribution in [0.5, 0.6) is 0 Å². The van der Waals surface area contributed by atoms with Gasteiger partial charge in [-0.3, -0.25) is 10.1 Å². The van der Waals surface area contributed by atoms with E-state index in [1.807, 2.05) is 30.3 Å². The zero-order valence-corrected chi connectivity index (χ0v) is 20.1. The number of aliphatic hydroxyl groups is 1. The van der Waals surface area contributed by atoms with Crippen LogP contribution in [0.2, 0.25) is 0 Å². The number of dihydropyridines is 1. The van der Waals surface area contributed by atoms with E-state index in [2.05, 4.69) is 5.32 Å². The van der Waals surface area contributed by atoms with E-state index in [1.54, 1.807) is 32.1 Å². The van der Waals surface area contributed by atoms with Crippen LogP contribution in [0.25, 0.3) is 6.08 Å². The fraction of sp³-hybridized carbons (Fsp3) is 0.259. The average molecular weight is 493 g/mol. The maximum absolute atomic E-state index is 13.3. The first-order valence-electron chi connectivity index (χ1n) is 11.4. The van der Waals surface area contributed by atoms with E-state index in [4.69, 9.17) is 14.6 Å². The minimum atomic E-state index is -1.08. The predicted molar refractivity (Wildman–Crippen MR) is 133 cm³/mol. The normalized spacial score (nSPS) is 15.6. The van der Waals surface area contributed by atoms with Gasteiger partial charge in [0.25, 0.3) is 5.69 Å². The Morgan fingerprint density at radius 3 is 2.25 bits per heavy atom. The van der Waals surface area contributed by atoms with Crippen molar-refractivity contribution in [3.63, 3.8) is 0 Å². The van der Waals surface area contributed by atoms with Gasteiger partial charge in [0.1, 0.15) is 6.61 Å². The Hall–Kier alpha value is -4.24. The first kappa shape index (κ1) is 26.4. The van der Waals surface area contributed by atoms with Crippen LogP contribution < -0.4 is 5.32 Å². The van der Waals surface area contributed by atoms with Crippen molar-refractivity contribution in [1.82, 2.24) is 5.32 Å². The van der Waals surface area contributed by atoms with Crippen LogP contribution in [0.15, 0.2) is 83.2 Å². The number of hydrogen-bond acceptors (Lipinski definition) is 8. The van der Waals surface area contributed by atoms with Crippen LogP contribution in [-0.2, 0) is 19.1 Å². The number of carbonyl (C=O) groups excluding carboxylic acids is 2. The number of carbonyl (C=O) groups is 2. The molecule has 0 aromatic heterocycles. The molecule has 2 aromatic carbocycles. The summed E-state index contributed by atoms with van der Waals surface area (Å²) in [5.74, 6) is -2.53. The molecule has 0 fully saturated rings. The van der Waals surface area contributed by atoms with Crippen molar-refractivity contribution in [2.75, 3.05) is 19.8 Å². The van der Waals surface area contributed by atoms with E-state index in [-0.39, 0.29) is 48.6 Å². The van der Waals surface area contributed by atoms with Gasteiger partial charge in [0.05, 0.1) is 28.6 Å². The SMILES string of the molecule is CC1=C(C(=O)OC/C=C/c2ccccc2)C(c2ccccc2[N+](=O)[O-])C(C(=O)OCCCO)=C(C)N1. The van der Waals surface area contributed by atoms with Crippen LogP contribution >= 0.6 is 0 Å². The smallest absolute Gasteiger partial charge is 0.337 e. The summed E-state index contributed by atoms with van der Waals surface area (Å²) in [6.07, 6.45) is 3.73. The standard InChI is InChI=1S/C27H28N2O7/c1-18-23(26(31)35-16-8-12-20-10-4-3-5-11-20)25(21-13-6-7-14-22(21)29(33)34)24(19(2)28-18)27(32)36-17-9-15-30/h3-8,10-14,25,28,30H,9,15-17H2,1-2H3/b12-8+. The minimum Gasteiger partial charge on any atom is -0.462 e. The average Bonchev–Trinajstić information content (AvgIpc) is 2.86. The molecule has 0 aliphatic carbocycles. The number of benzene rings is 2. The molecule has 0 radical (unpaired) electrons. The van der Waals surface area contributed by atoms with E-state index < -0.39 is 22.8 Å². The summed E-state index contributed by atoms with van der Waals surface area (Å²) in [7, 11) is 0. The third-order valence-corrected chi connectivity index (χ3v) is 5.60. The largest absolute Gasteiger partial charge is 0.462 e. The molecule has 188 valence electrons. The number of nitro benzene ring substituents is 1. The van der Waals surface area contributed by atoms with Gasteiger partial charge in [0.15, 0.2) is 0 Å². The van der Waals surface area contributed by atoms with Crippen molar-refractivity contribution >= 4 is 23.7 Å². The molecule has 1 atom stereocenters. The maximum Gasteiger partial charge on any atom is 0.337 e. The number of aliphatic hydroxyl groups excluding tert-OH is 1. The van der Waals surface area contributed by atoms with Crippen LogP contribution in [0.1, 0.15) is 37.3 Å². The lowest BCUT2D eigenvalue weighted by atomic mass is 9.79. The fourth-order valence-corrected chi connectivity index (χ4v) is 4.00. The van der Waals surface area contributed by atoms with Gasteiger partial charge in [-0.05, 0) is 25.5 Å². The van der Waals surface area contributed by atoms with E-state index in [9.17, 15) is 19.7 Å². The topological polar surface area (TPSA) is 128 Å². The summed E-state index contributed by atoms with van der Waals surface area (Å²) < 4.78 is 10.8. The number of nitro groups is 1. The molecule has 1 unspecified atom stereocenters. The lowest BCUT2D eigenvalue weighted by molar-refractivity contribution is -0.385. The summed E-state index contributed by atoms with van der Waals surface area (Å²) in [5.41, 5.74) is 1.84. The summed E-state index contributed by atoms with van der Waals surface area (Å²) in [4.78, 5) is 37.6. The molecule has 0 spiro atoms. The third kappa shape index (κ3) is 6.25. The van der Waals surface area contributed by atoms with E-state index in [1.165, 1.54) is 18.2 Å². The quantitative estimate of drug-likeness (QED) is 0.220. The van der Waals surface area contributed by atoms with Gasteiger partial charge < -0.3 is 19.9 Å². The van der Waals surface area contributed by atoms with Crippen LogP contribution in [0.4, 0.5) is 5.69 Å². The molecule has 0 amide bonds. The Balaban J connectivity index is 1.97. The first-order valence-corrected chi connectivity index (χ1v) is 11.4. The molecule has 0 saturated heterocycles. The van der Waals surface area contributed by atoms with Gasteiger partial charge in [-0.25, -0.2) is 9.59 Å². The molecule has 1 aliphatic rings. The molecule has 1 heterocycles. The molecule has 9 heteroatoms. The van der Waals surface area contributed by atoms with Crippen molar-refractivity contribution < 1.29 is 29.1 Å². The molecule has 2 N–H and O–H groups in total. The lowest BCUT2D eigenvalue weighted by Gasteiger charge is -2.30. The monoisotopic (exact) mass is 492 g/mol. The van der Waals surface area contributed by atoms with E-state index in [0.29, 0.717) is 11.4 Å². The molecular weight excluding hydrogens is 464 g/mol. The van der Waals surface area contributed by atoms with Gasteiger partial charge in [-0.1, -0.05) is 54.6 Å². The van der Waals surface area contributed by atoms with Crippen molar-refractivity contribution in [3.05, 3.63) is 104 Å². The zero-order valence-electron chi connectivity index (χ0n) is 20.1. The first-order chi connectivity index (χ1) is 17.3. The number of allylic oxidation sites excluding steroid dienone is 2. The number of nitrogens with zero attached hydrogens (tertiary/aromatic N) is 1. The summed E-state index contributed by atoms with van der Waals surface area (Å²) in [5, 5.41) is 23.9. The second kappa shape index (κ2) is 12.5.